The molecule has 3 heteroatoms. The van der Waals surface area contributed by atoms with E-state index in [-0.39, 0.29) is 0 Å². The first-order valence-electron chi connectivity index (χ1n) is 7.07. The summed E-state index contributed by atoms with van der Waals surface area (Å²) in [4.78, 5) is 0. The zero-order chi connectivity index (χ0) is 12.9. The Morgan fingerprint density at radius 3 is 2.29 bits per heavy atom. The molecule has 0 aromatic rings. The topological polar surface area (TPSA) is 64.3 Å². The lowest BCUT2D eigenvalue weighted by atomic mass is 9.82. The highest BCUT2D eigenvalue weighted by atomic mass is 16.5. The molecule has 101 valence electrons. The molecule has 1 rings (SSSR count). The molecule has 0 bridgehead atoms. The molecule has 3 nitrogen and oxygen atoms in total. The molecule has 0 aromatic carbocycles. The quantitative estimate of drug-likeness (QED) is 0.703. The summed E-state index contributed by atoms with van der Waals surface area (Å²) in [6.45, 7) is 4.13. The largest absolute Gasteiger partial charge is 0.364 e. The van der Waals surface area contributed by atoms with Crippen molar-refractivity contribution in [3.63, 3.8) is 0 Å². The first-order valence-corrected chi connectivity index (χ1v) is 7.07. The molecule has 17 heavy (non-hydrogen) atoms. The minimum atomic E-state index is -1.79. The predicted octanol–water partition coefficient (Wildman–Crippen LogP) is 2.73. The molecule has 0 aliphatic heterocycles. The standard InChI is InChI=1S/C14H28NO2/c1-11(2)8-9-14(16,17)13(15)10-12-6-4-3-5-7-12/h11-13,15-17H,3-10H2,1-2H3/t13-/m0/s1. The molecule has 1 radical (unpaired) electrons. The van der Waals surface area contributed by atoms with E-state index in [0.29, 0.717) is 24.7 Å². The van der Waals surface area contributed by atoms with Crippen LogP contribution in [0.3, 0.4) is 0 Å². The lowest BCUT2D eigenvalue weighted by molar-refractivity contribution is -0.188. The highest BCUT2D eigenvalue weighted by Gasteiger charge is 2.33. The summed E-state index contributed by atoms with van der Waals surface area (Å²) in [5, 5.41) is 19.9. The van der Waals surface area contributed by atoms with E-state index in [2.05, 4.69) is 13.8 Å². The van der Waals surface area contributed by atoms with Gasteiger partial charge in [-0.15, -0.1) is 0 Å². The van der Waals surface area contributed by atoms with E-state index in [1.54, 1.807) is 0 Å². The number of aliphatic hydroxyl groups is 2. The Kier molecular flexibility index (Phi) is 5.90. The second-order valence-electron chi connectivity index (χ2n) is 6.10. The summed E-state index contributed by atoms with van der Waals surface area (Å²) < 4.78 is 0. The van der Waals surface area contributed by atoms with Crippen LogP contribution in [0.2, 0.25) is 0 Å². The normalized spacial score (nSPS) is 20.8. The lowest BCUT2D eigenvalue weighted by Gasteiger charge is -2.32. The highest BCUT2D eigenvalue weighted by Crippen LogP contribution is 2.30. The van der Waals surface area contributed by atoms with Gasteiger partial charge in [-0.3, -0.25) is 0 Å². The molecule has 1 atom stereocenters. The van der Waals surface area contributed by atoms with E-state index in [9.17, 15) is 10.2 Å². The predicted molar refractivity (Wildman–Crippen MR) is 69.3 cm³/mol. The summed E-state index contributed by atoms with van der Waals surface area (Å²) in [5.41, 5.74) is 7.96. The maximum atomic E-state index is 9.93. The fraction of sp³-hybridized carbons (Fsp3) is 1.00. The minimum Gasteiger partial charge on any atom is -0.364 e. The smallest absolute Gasteiger partial charge is 0.179 e. The summed E-state index contributed by atoms with van der Waals surface area (Å²) >= 11 is 0. The SMILES string of the molecule is CC(C)CCC(O)(O)[C@@H]([NH])CC1CCCCC1. The zero-order valence-electron chi connectivity index (χ0n) is 11.3. The Bertz CT molecular complexity index is 210. The molecular formula is C14H28NO2. The first kappa shape index (κ1) is 14.9. The Morgan fingerprint density at radius 2 is 1.76 bits per heavy atom. The van der Waals surface area contributed by atoms with Gasteiger partial charge in [-0.2, -0.15) is 0 Å². The van der Waals surface area contributed by atoms with E-state index >= 15 is 0 Å². The fourth-order valence-electron chi connectivity index (χ4n) is 2.62. The van der Waals surface area contributed by atoms with Crippen LogP contribution in [0.15, 0.2) is 0 Å². The molecule has 1 aliphatic rings. The van der Waals surface area contributed by atoms with E-state index in [4.69, 9.17) is 5.73 Å². The molecule has 0 spiro atoms. The maximum Gasteiger partial charge on any atom is 0.179 e. The van der Waals surface area contributed by atoms with Crippen molar-refractivity contribution < 1.29 is 10.2 Å². The molecule has 0 saturated heterocycles. The van der Waals surface area contributed by atoms with E-state index in [1.807, 2.05) is 0 Å². The molecule has 1 aliphatic carbocycles. The molecule has 1 saturated carbocycles. The molecule has 1 fully saturated rings. The van der Waals surface area contributed by atoms with Crippen molar-refractivity contribution in [2.24, 2.45) is 11.8 Å². The van der Waals surface area contributed by atoms with Gasteiger partial charge < -0.3 is 10.2 Å². The molecule has 0 amide bonds. The van der Waals surface area contributed by atoms with E-state index in [1.165, 1.54) is 19.3 Å². The summed E-state index contributed by atoms with van der Waals surface area (Å²) in [7, 11) is 0. The van der Waals surface area contributed by atoms with Crippen molar-refractivity contribution in [3.8, 4) is 0 Å². The van der Waals surface area contributed by atoms with Gasteiger partial charge in [-0.05, 0) is 24.7 Å². The Morgan fingerprint density at radius 1 is 1.18 bits per heavy atom. The Labute approximate surface area is 105 Å². The Hall–Kier alpha value is -0.120. The number of nitrogens with one attached hydrogen (secondary N) is 1. The number of rotatable bonds is 6. The van der Waals surface area contributed by atoms with Crippen LogP contribution in [0.4, 0.5) is 0 Å². The number of hydrogen-bond acceptors (Lipinski definition) is 2. The molecule has 3 N–H and O–H groups in total. The monoisotopic (exact) mass is 242 g/mol. The highest BCUT2D eigenvalue weighted by molar-refractivity contribution is 4.82. The average Bonchev–Trinajstić information content (AvgIpc) is 2.28. The molecule has 0 heterocycles. The van der Waals surface area contributed by atoms with Gasteiger partial charge in [0, 0.05) is 6.42 Å². The van der Waals surface area contributed by atoms with Crippen LogP contribution in [0.25, 0.3) is 0 Å². The van der Waals surface area contributed by atoms with Gasteiger partial charge in [-0.1, -0.05) is 46.0 Å². The van der Waals surface area contributed by atoms with Crippen LogP contribution in [0, 0.1) is 11.8 Å². The average molecular weight is 242 g/mol. The van der Waals surface area contributed by atoms with Crippen molar-refractivity contribution in [3.05, 3.63) is 0 Å². The number of hydrogen-bond donors (Lipinski definition) is 2. The first-order chi connectivity index (χ1) is 7.92. The van der Waals surface area contributed by atoms with E-state index in [0.717, 1.165) is 19.3 Å². The van der Waals surface area contributed by atoms with Gasteiger partial charge in [0.15, 0.2) is 5.79 Å². The summed E-state index contributed by atoms with van der Waals surface area (Å²) in [6.07, 6.45) is 7.85. The Balaban J connectivity index is 2.35. The van der Waals surface area contributed by atoms with Crippen molar-refractivity contribution in [2.45, 2.75) is 77.0 Å². The third-order valence-corrected chi connectivity index (χ3v) is 3.94. The van der Waals surface area contributed by atoms with Crippen LogP contribution in [-0.4, -0.2) is 22.0 Å². The van der Waals surface area contributed by atoms with Gasteiger partial charge in [0.25, 0.3) is 0 Å². The zero-order valence-corrected chi connectivity index (χ0v) is 11.3. The lowest BCUT2D eigenvalue weighted by Crippen LogP contribution is -2.44. The molecule has 0 aromatic heterocycles. The van der Waals surface area contributed by atoms with Gasteiger partial charge in [0.1, 0.15) is 0 Å². The third-order valence-electron chi connectivity index (χ3n) is 3.94. The summed E-state index contributed by atoms with van der Waals surface area (Å²) in [5.74, 6) is -0.804. The van der Waals surface area contributed by atoms with Crippen molar-refractivity contribution in [1.82, 2.24) is 5.73 Å². The van der Waals surface area contributed by atoms with Crippen molar-refractivity contribution in [2.75, 3.05) is 0 Å². The minimum absolute atomic E-state index is 0.325. The van der Waals surface area contributed by atoms with Gasteiger partial charge in [0.05, 0.1) is 6.04 Å². The van der Waals surface area contributed by atoms with Gasteiger partial charge in [-0.25, -0.2) is 5.73 Å². The van der Waals surface area contributed by atoms with E-state index < -0.39 is 11.8 Å². The van der Waals surface area contributed by atoms with Gasteiger partial charge >= 0.3 is 0 Å². The van der Waals surface area contributed by atoms with Crippen molar-refractivity contribution >= 4 is 0 Å². The van der Waals surface area contributed by atoms with Gasteiger partial charge in [0.2, 0.25) is 0 Å². The summed E-state index contributed by atoms with van der Waals surface area (Å²) in [6, 6.07) is -0.746. The van der Waals surface area contributed by atoms with Crippen LogP contribution < -0.4 is 5.73 Å². The maximum absolute atomic E-state index is 9.93. The third kappa shape index (κ3) is 5.36. The second kappa shape index (κ2) is 6.72. The molecule has 0 unspecified atom stereocenters. The molecular weight excluding hydrogens is 214 g/mol. The van der Waals surface area contributed by atoms with Crippen LogP contribution in [0.5, 0.6) is 0 Å². The second-order valence-corrected chi connectivity index (χ2v) is 6.10. The van der Waals surface area contributed by atoms with Crippen molar-refractivity contribution in [1.29, 1.82) is 0 Å². The fourth-order valence-corrected chi connectivity index (χ4v) is 2.62. The van der Waals surface area contributed by atoms with Crippen LogP contribution >= 0.6 is 0 Å². The van der Waals surface area contributed by atoms with Crippen LogP contribution in [0.1, 0.15) is 65.2 Å². The van der Waals surface area contributed by atoms with Crippen LogP contribution in [-0.2, 0) is 0 Å².